The van der Waals surface area contributed by atoms with Gasteiger partial charge in [-0.05, 0) is 60.6 Å². The summed E-state index contributed by atoms with van der Waals surface area (Å²) in [5.74, 6) is 0.284. The lowest BCUT2D eigenvalue weighted by Crippen LogP contribution is -2.22. The summed E-state index contributed by atoms with van der Waals surface area (Å²) in [5.41, 5.74) is 9.00. The third-order valence-electron chi connectivity index (χ3n) is 4.96. The van der Waals surface area contributed by atoms with Crippen molar-refractivity contribution in [3.8, 4) is 0 Å². The first-order valence-electron chi connectivity index (χ1n) is 9.05. The lowest BCUT2D eigenvalue weighted by molar-refractivity contribution is 0.0954. The maximum absolute atomic E-state index is 12.2. The number of nitrogens with one attached hydrogen (secondary N) is 2. The van der Waals surface area contributed by atoms with Crippen molar-refractivity contribution < 1.29 is 4.79 Å². The van der Waals surface area contributed by atoms with Crippen LogP contribution in [0.1, 0.15) is 59.8 Å². The fraction of sp³-hybridized carbons (Fsp3) is 0.286. The van der Waals surface area contributed by atoms with Crippen molar-refractivity contribution in [3.63, 3.8) is 0 Å². The van der Waals surface area contributed by atoms with Gasteiger partial charge in [-0.25, -0.2) is 5.43 Å². The van der Waals surface area contributed by atoms with E-state index in [4.69, 9.17) is 0 Å². The van der Waals surface area contributed by atoms with Crippen LogP contribution in [-0.2, 0) is 6.42 Å². The molecular formula is C21H22N4O. The number of aromatic nitrogens is 2. The molecule has 132 valence electrons. The Bertz CT molecular complexity index is 986. The number of pyridine rings is 1. The Morgan fingerprint density at radius 3 is 2.77 bits per heavy atom. The first-order chi connectivity index (χ1) is 12.6. The molecule has 1 aliphatic carbocycles. The molecule has 0 saturated heterocycles. The maximum Gasteiger partial charge on any atom is 0.271 e. The Labute approximate surface area is 152 Å². The number of nitrogens with zero attached hydrogens (tertiary/aromatic N) is 2. The second-order valence-corrected chi connectivity index (χ2v) is 7.03. The van der Waals surface area contributed by atoms with Gasteiger partial charge >= 0.3 is 0 Å². The van der Waals surface area contributed by atoms with Gasteiger partial charge in [0.15, 0.2) is 0 Å². The number of hydrogen-bond acceptors (Lipinski definition) is 3. The van der Waals surface area contributed by atoms with Gasteiger partial charge in [0.1, 0.15) is 0 Å². The lowest BCUT2D eigenvalue weighted by Gasteiger charge is -2.14. The van der Waals surface area contributed by atoms with Crippen LogP contribution in [0.3, 0.4) is 0 Å². The largest absolute Gasteiger partial charge is 0.353 e. The molecule has 0 saturated carbocycles. The van der Waals surface area contributed by atoms with Crippen LogP contribution in [0, 0.1) is 0 Å². The van der Waals surface area contributed by atoms with Gasteiger partial charge in [0, 0.05) is 28.9 Å². The molecule has 1 amide bonds. The number of carbonyl (C=O) groups is 1. The molecule has 26 heavy (non-hydrogen) atoms. The zero-order valence-corrected chi connectivity index (χ0v) is 15.0. The number of H-pyrrole nitrogens is 1. The van der Waals surface area contributed by atoms with Gasteiger partial charge in [0.05, 0.1) is 11.4 Å². The van der Waals surface area contributed by atoms with Crippen LogP contribution in [0.4, 0.5) is 0 Å². The Kier molecular flexibility index (Phi) is 4.29. The first-order valence-corrected chi connectivity index (χ1v) is 9.05. The SMILES string of the molecule is CC(C)c1ccc2[nH]c3c(c2c1)CCCC3=NNC(=O)c1ccncc1. The van der Waals surface area contributed by atoms with Crippen LogP contribution < -0.4 is 5.43 Å². The molecule has 4 rings (SSSR count). The van der Waals surface area contributed by atoms with Crippen molar-refractivity contribution in [2.45, 2.75) is 39.0 Å². The fourth-order valence-electron chi connectivity index (χ4n) is 3.49. The summed E-state index contributed by atoms with van der Waals surface area (Å²) in [6.45, 7) is 4.42. The average molecular weight is 346 g/mol. The van der Waals surface area contributed by atoms with E-state index in [-0.39, 0.29) is 5.91 Å². The van der Waals surface area contributed by atoms with Gasteiger partial charge in [-0.1, -0.05) is 19.9 Å². The number of aromatic amines is 1. The van der Waals surface area contributed by atoms with Gasteiger partial charge in [-0.15, -0.1) is 0 Å². The summed E-state index contributed by atoms with van der Waals surface area (Å²) in [4.78, 5) is 19.7. The smallest absolute Gasteiger partial charge is 0.271 e. The molecule has 0 radical (unpaired) electrons. The minimum Gasteiger partial charge on any atom is -0.353 e. The number of amides is 1. The van der Waals surface area contributed by atoms with E-state index in [9.17, 15) is 4.79 Å². The average Bonchev–Trinajstić information content (AvgIpc) is 3.05. The van der Waals surface area contributed by atoms with E-state index >= 15 is 0 Å². The third-order valence-corrected chi connectivity index (χ3v) is 4.96. The maximum atomic E-state index is 12.2. The molecule has 0 atom stereocenters. The van der Waals surface area contributed by atoms with Gasteiger partial charge in [0.2, 0.25) is 0 Å². The van der Waals surface area contributed by atoms with E-state index in [1.54, 1.807) is 24.5 Å². The zero-order valence-electron chi connectivity index (χ0n) is 15.0. The quantitative estimate of drug-likeness (QED) is 0.699. The molecular weight excluding hydrogens is 324 g/mol. The van der Waals surface area contributed by atoms with E-state index in [1.165, 1.54) is 16.5 Å². The van der Waals surface area contributed by atoms with E-state index in [0.717, 1.165) is 36.2 Å². The summed E-state index contributed by atoms with van der Waals surface area (Å²) in [6.07, 6.45) is 6.13. The van der Waals surface area contributed by atoms with Gasteiger partial charge in [-0.3, -0.25) is 9.78 Å². The van der Waals surface area contributed by atoms with Gasteiger partial charge in [0.25, 0.3) is 5.91 Å². The van der Waals surface area contributed by atoms with E-state index in [1.807, 2.05) is 0 Å². The molecule has 1 aromatic carbocycles. The highest BCUT2D eigenvalue weighted by molar-refractivity contribution is 6.07. The van der Waals surface area contributed by atoms with Crippen molar-refractivity contribution in [3.05, 3.63) is 65.1 Å². The number of aryl methyl sites for hydroxylation is 1. The molecule has 0 aliphatic heterocycles. The number of carbonyl (C=O) groups excluding carboxylic acids is 1. The Morgan fingerprint density at radius 1 is 1.19 bits per heavy atom. The van der Waals surface area contributed by atoms with Crippen molar-refractivity contribution in [2.24, 2.45) is 5.10 Å². The lowest BCUT2D eigenvalue weighted by atomic mass is 9.92. The van der Waals surface area contributed by atoms with Crippen LogP contribution >= 0.6 is 0 Å². The van der Waals surface area contributed by atoms with Crippen molar-refractivity contribution in [2.75, 3.05) is 0 Å². The molecule has 2 aromatic heterocycles. The van der Waals surface area contributed by atoms with Gasteiger partial charge < -0.3 is 4.98 Å². The molecule has 2 heterocycles. The zero-order chi connectivity index (χ0) is 18.1. The summed E-state index contributed by atoms with van der Waals surface area (Å²) >= 11 is 0. The van der Waals surface area contributed by atoms with Crippen LogP contribution in [0.2, 0.25) is 0 Å². The molecule has 0 spiro atoms. The number of hydrazone groups is 1. The number of fused-ring (bicyclic) bond motifs is 3. The minimum atomic E-state index is -0.217. The molecule has 2 N–H and O–H groups in total. The highest BCUT2D eigenvalue weighted by Gasteiger charge is 2.21. The third kappa shape index (κ3) is 3.01. The van der Waals surface area contributed by atoms with Crippen molar-refractivity contribution in [1.29, 1.82) is 0 Å². The number of rotatable bonds is 3. The molecule has 1 aliphatic rings. The van der Waals surface area contributed by atoms with Crippen LogP contribution in [-0.4, -0.2) is 21.6 Å². The van der Waals surface area contributed by atoms with Crippen LogP contribution in [0.15, 0.2) is 47.8 Å². The highest BCUT2D eigenvalue weighted by Crippen LogP contribution is 2.31. The Balaban J connectivity index is 1.67. The molecule has 0 unspecified atom stereocenters. The molecule has 5 heteroatoms. The van der Waals surface area contributed by atoms with Gasteiger partial charge in [-0.2, -0.15) is 5.10 Å². The minimum absolute atomic E-state index is 0.217. The molecule has 3 aromatic rings. The molecule has 5 nitrogen and oxygen atoms in total. The fourth-order valence-corrected chi connectivity index (χ4v) is 3.49. The monoisotopic (exact) mass is 346 g/mol. The van der Waals surface area contributed by atoms with E-state index in [2.05, 4.69) is 52.5 Å². The van der Waals surface area contributed by atoms with Crippen LogP contribution in [0.25, 0.3) is 10.9 Å². The summed E-state index contributed by atoms with van der Waals surface area (Å²) in [7, 11) is 0. The molecule has 0 fully saturated rings. The predicted molar refractivity (Wildman–Crippen MR) is 104 cm³/mol. The second-order valence-electron chi connectivity index (χ2n) is 7.03. The summed E-state index contributed by atoms with van der Waals surface area (Å²) < 4.78 is 0. The Hall–Kier alpha value is -2.95. The number of benzene rings is 1. The Morgan fingerprint density at radius 2 is 2.00 bits per heavy atom. The van der Waals surface area contributed by atoms with Crippen LogP contribution in [0.5, 0.6) is 0 Å². The number of hydrogen-bond donors (Lipinski definition) is 2. The topological polar surface area (TPSA) is 70.1 Å². The predicted octanol–water partition coefficient (Wildman–Crippen LogP) is 4.16. The highest BCUT2D eigenvalue weighted by atomic mass is 16.2. The van der Waals surface area contributed by atoms with E-state index < -0.39 is 0 Å². The first kappa shape index (κ1) is 16.5. The summed E-state index contributed by atoms with van der Waals surface area (Å²) in [5, 5.41) is 5.70. The normalized spacial score (nSPS) is 15.4. The van der Waals surface area contributed by atoms with E-state index in [0.29, 0.717) is 11.5 Å². The second kappa shape index (κ2) is 6.75. The van der Waals surface area contributed by atoms with Crippen molar-refractivity contribution in [1.82, 2.24) is 15.4 Å². The standard InChI is InChI=1S/C21H22N4O/c1-13(2)15-6-7-18-17(12-15)16-4-3-5-19(20(16)23-18)24-25-21(26)14-8-10-22-11-9-14/h6-13,23H,3-5H2,1-2H3,(H,25,26). The summed E-state index contributed by atoms with van der Waals surface area (Å²) in [6, 6.07) is 9.97. The van der Waals surface area contributed by atoms with Crippen molar-refractivity contribution >= 4 is 22.5 Å². The molecule has 0 bridgehead atoms.